The summed E-state index contributed by atoms with van der Waals surface area (Å²) in [5.74, 6) is -0.288. The van der Waals surface area contributed by atoms with Crippen molar-refractivity contribution in [3.63, 3.8) is 0 Å². The van der Waals surface area contributed by atoms with Crippen LogP contribution in [0, 0.1) is 12.7 Å². The lowest BCUT2D eigenvalue weighted by Gasteiger charge is -2.12. The average Bonchev–Trinajstić information content (AvgIpc) is 2.53. The van der Waals surface area contributed by atoms with Crippen LogP contribution in [0.5, 0.6) is 0 Å². The van der Waals surface area contributed by atoms with Crippen molar-refractivity contribution in [3.8, 4) is 0 Å². The van der Waals surface area contributed by atoms with Crippen molar-refractivity contribution in [1.82, 2.24) is 5.32 Å². The Morgan fingerprint density at radius 3 is 2.68 bits per heavy atom. The van der Waals surface area contributed by atoms with Gasteiger partial charge in [0.1, 0.15) is 17.1 Å². The molecule has 1 atom stereocenters. The van der Waals surface area contributed by atoms with Gasteiger partial charge in [0, 0.05) is 17.5 Å². The maximum atomic E-state index is 13.0. The Morgan fingerprint density at radius 2 is 2.08 bits per heavy atom. The zero-order valence-electron chi connectivity index (χ0n) is 14.5. The predicted octanol–water partition coefficient (Wildman–Crippen LogP) is 4.57. The van der Waals surface area contributed by atoms with Gasteiger partial charge in [-0.25, -0.2) is 9.18 Å². The molecule has 0 fully saturated rings. The van der Waals surface area contributed by atoms with E-state index < -0.39 is 17.3 Å². The summed E-state index contributed by atoms with van der Waals surface area (Å²) in [5.41, 5.74) is 0.454. The molecule has 0 aliphatic rings. The molecule has 0 radical (unpaired) electrons. The fourth-order valence-corrected chi connectivity index (χ4v) is 2.89. The topological polar surface area (TPSA) is 59.3 Å². The van der Waals surface area contributed by atoms with E-state index in [9.17, 15) is 14.0 Å². The average molecular weight is 366 g/mol. The number of hydrogen-bond acceptors (Lipinski definition) is 3. The zero-order chi connectivity index (χ0) is 18.6. The lowest BCUT2D eigenvalue weighted by atomic mass is 10.0. The molecule has 2 rings (SSSR count). The molecule has 0 aliphatic heterocycles. The summed E-state index contributed by atoms with van der Waals surface area (Å²) in [5, 5.41) is 2.84. The van der Waals surface area contributed by atoms with Gasteiger partial charge in [-0.1, -0.05) is 37.9 Å². The molecule has 134 valence electrons. The fraction of sp³-hybridized carbons (Fsp3) is 0.368. The van der Waals surface area contributed by atoms with Gasteiger partial charge in [-0.3, -0.25) is 4.79 Å². The Morgan fingerprint density at radius 1 is 1.36 bits per heavy atom. The number of amides is 1. The second-order valence-corrected chi connectivity index (χ2v) is 6.51. The third kappa shape index (κ3) is 4.69. The van der Waals surface area contributed by atoms with Crippen LogP contribution in [0.3, 0.4) is 0 Å². The first-order valence-electron chi connectivity index (χ1n) is 8.20. The Balaban J connectivity index is 2.17. The Hall–Kier alpha value is -2.14. The molecule has 4 nitrogen and oxygen atoms in total. The number of nitrogens with one attached hydrogen (secondary N) is 1. The number of aryl methyl sites for hydroxylation is 1. The molecule has 1 amide bonds. The number of carbonyl (C=O) groups excluding carboxylic acids is 1. The van der Waals surface area contributed by atoms with E-state index in [2.05, 4.69) is 12.2 Å². The van der Waals surface area contributed by atoms with Gasteiger partial charge in [0.15, 0.2) is 0 Å². The normalized spacial score (nSPS) is 12.0. The first-order valence-corrected chi connectivity index (χ1v) is 8.58. The summed E-state index contributed by atoms with van der Waals surface area (Å²) in [6.45, 7) is 5.84. The first kappa shape index (κ1) is 19.2. The van der Waals surface area contributed by atoms with Crippen molar-refractivity contribution in [1.29, 1.82) is 0 Å². The molecule has 6 heteroatoms. The largest absolute Gasteiger partial charge is 0.427 e. The minimum absolute atomic E-state index is 0.0225. The van der Waals surface area contributed by atoms with Gasteiger partial charge in [-0.05, 0) is 42.7 Å². The van der Waals surface area contributed by atoms with Crippen LogP contribution in [0.25, 0.3) is 0 Å². The van der Waals surface area contributed by atoms with Crippen LogP contribution in [-0.2, 0) is 6.54 Å². The summed E-state index contributed by atoms with van der Waals surface area (Å²) in [6.07, 6.45) is 1.88. The summed E-state index contributed by atoms with van der Waals surface area (Å²) in [7, 11) is 0. The van der Waals surface area contributed by atoms with Crippen LogP contribution in [0.2, 0.25) is 5.02 Å². The lowest BCUT2D eigenvalue weighted by Crippen LogP contribution is -2.29. The number of halogens is 2. The number of hydrogen-bond donors (Lipinski definition) is 1. The summed E-state index contributed by atoms with van der Waals surface area (Å²) < 4.78 is 18.4. The van der Waals surface area contributed by atoms with E-state index in [-0.39, 0.29) is 23.0 Å². The van der Waals surface area contributed by atoms with E-state index in [1.807, 2.05) is 6.92 Å². The van der Waals surface area contributed by atoms with Crippen molar-refractivity contribution < 1.29 is 13.6 Å². The van der Waals surface area contributed by atoms with E-state index in [0.29, 0.717) is 16.9 Å². The Labute approximate surface area is 151 Å². The smallest absolute Gasteiger partial charge is 0.349 e. The van der Waals surface area contributed by atoms with E-state index in [4.69, 9.17) is 16.0 Å². The Kier molecular flexibility index (Phi) is 6.37. The second kappa shape index (κ2) is 8.30. The van der Waals surface area contributed by atoms with Crippen LogP contribution >= 0.6 is 11.6 Å². The molecule has 0 saturated carbocycles. The van der Waals surface area contributed by atoms with Crippen molar-refractivity contribution >= 4 is 17.5 Å². The molecule has 1 unspecified atom stereocenters. The van der Waals surface area contributed by atoms with E-state index in [0.717, 1.165) is 12.8 Å². The molecule has 0 aliphatic carbocycles. The zero-order valence-corrected chi connectivity index (χ0v) is 15.2. The molecule has 1 N–H and O–H groups in total. The molecular formula is C19H21ClFNO3. The van der Waals surface area contributed by atoms with Crippen molar-refractivity contribution in [3.05, 3.63) is 68.0 Å². The van der Waals surface area contributed by atoms with E-state index in [1.54, 1.807) is 13.0 Å². The van der Waals surface area contributed by atoms with Crippen LogP contribution in [0.1, 0.15) is 59.9 Å². The number of carbonyl (C=O) groups is 1. The molecule has 1 heterocycles. The molecule has 25 heavy (non-hydrogen) atoms. The summed E-state index contributed by atoms with van der Waals surface area (Å²) in [6, 6.07) is 5.66. The minimum atomic E-state index is -0.652. The van der Waals surface area contributed by atoms with Gasteiger partial charge in [-0.15, -0.1) is 0 Å². The molecular weight excluding hydrogens is 345 g/mol. The second-order valence-electron chi connectivity index (χ2n) is 6.10. The van der Waals surface area contributed by atoms with Gasteiger partial charge in [0.05, 0.1) is 0 Å². The maximum Gasteiger partial charge on any atom is 0.349 e. The van der Waals surface area contributed by atoms with Crippen LogP contribution < -0.4 is 10.9 Å². The summed E-state index contributed by atoms with van der Waals surface area (Å²) in [4.78, 5) is 24.6. The van der Waals surface area contributed by atoms with Gasteiger partial charge in [-0.2, -0.15) is 0 Å². The van der Waals surface area contributed by atoms with Gasteiger partial charge >= 0.3 is 5.63 Å². The lowest BCUT2D eigenvalue weighted by molar-refractivity contribution is 0.0945. The van der Waals surface area contributed by atoms with Crippen molar-refractivity contribution in [2.45, 2.75) is 46.1 Å². The SMILES string of the molecule is CCCC(C)c1cc(C)c(C(=O)NCc2ccc(F)cc2Cl)c(=O)o1. The molecule has 1 aromatic carbocycles. The quantitative estimate of drug-likeness (QED) is 0.815. The maximum absolute atomic E-state index is 13.0. The molecule has 0 bridgehead atoms. The van der Waals surface area contributed by atoms with Crippen LogP contribution in [0.15, 0.2) is 33.5 Å². The third-order valence-corrected chi connectivity index (χ3v) is 4.41. The Bertz CT molecular complexity index is 832. The van der Waals surface area contributed by atoms with Gasteiger partial charge in [0.2, 0.25) is 0 Å². The van der Waals surface area contributed by atoms with Gasteiger partial charge in [0.25, 0.3) is 5.91 Å². The summed E-state index contributed by atoms with van der Waals surface area (Å²) >= 11 is 5.94. The molecule has 0 spiro atoms. The highest BCUT2D eigenvalue weighted by atomic mass is 35.5. The monoisotopic (exact) mass is 365 g/mol. The number of benzene rings is 1. The van der Waals surface area contributed by atoms with E-state index >= 15 is 0 Å². The standard InChI is InChI=1S/C19H21ClFNO3/c1-4-5-11(2)16-8-12(3)17(19(24)25-16)18(23)22-10-13-6-7-14(21)9-15(13)20/h6-9,11H,4-5,10H2,1-3H3,(H,22,23). The first-order chi connectivity index (χ1) is 11.8. The van der Waals surface area contributed by atoms with Crippen molar-refractivity contribution in [2.24, 2.45) is 0 Å². The highest BCUT2D eigenvalue weighted by Crippen LogP contribution is 2.21. The highest BCUT2D eigenvalue weighted by Gasteiger charge is 2.19. The molecule has 0 saturated heterocycles. The minimum Gasteiger partial charge on any atom is -0.427 e. The molecule has 2 aromatic rings. The fourth-order valence-electron chi connectivity index (χ4n) is 2.65. The molecule has 1 aromatic heterocycles. The van der Waals surface area contributed by atoms with E-state index in [1.165, 1.54) is 18.2 Å². The number of rotatable bonds is 6. The van der Waals surface area contributed by atoms with Crippen molar-refractivity contribution in [2.75, 3.05) is 0 Å². The third-order valence-electron chi connectivity index (χ3n) is 4.06. The van der Waals surface area contributed by atoms with Gasteiger partial charge < -0.3 is 9.73 Å². The highest BCUT2D eigenvalue weighted by molar-refractivity contribution is 6.31. The van der Waals surface area contributed by atoms with Crippen LogP contribution in [0.4, 0.5) is 4.39 Å². The van der Waals surface area contributed by atoms with Crippen LogP contribution in [-0.4, -0.2) is 5.91 Å². The predicted molar refractivity (Wildman–Crippen MR) is 95.6 cm³/mol.